The molecule has 2 aromatic carbocycles. The summed E-state index contributed by atoms with van der Waals surface area (Å²) in [6.45, 7) is 1.26. The third kappa shape index (κ3) is 3.89. The molecule has 0 saturated heterocycles. The Balaban J connectivity index is 1.90. The SMILES string of the molecule is NC(=O)c1cccc(CNCc2ccc(F)cc2)c1. The monoisotopic (exact) mass is 258 g/mol. The van der Waals surface area contributed by atoms with Gasteiger partial charge in [-0.05, 0) is 35.4 Å². The molecular formula is C15H15FN2O. The molecule has 0 unspecified atom stereocenters. The molecule has 0 aromatic heterocycles. The van der Waals surface area contributed by atoms with E-state index in [4.69, 9.17) is 5.73 Å². The molecule has 98 valence electrons. The molecule has 0 aliphatic heterocycles. The smallest absolute Gasteiger partial charge is 0.248 e. The molecule has 4 heteroatoms. The van der Waals surface area contributed by atoms with Crippen LogP contribution in [0.15, 0.2) is 48.5 Å². The summed E-state index contributed by atoms with van der Waals surface area (Å²) in [6, 6.07) is 13.5. The molecule has 0 atom stereocenters. The first-order valence-corrected chi connectivity index (χ1v) is 5.99. The lowest BCUT2D eigenvalue weighted by atomic mass is 10.1. The van der Waals surface area contributed by atoms with Crippen molar-refractivity contribution in [1.29, 1.82) is 0 Å². The number of nitrogens with two attached hydrogens (primary N) is 1. The molecule has 0 aliphatic carbocycles. The van der Waals surface area contributed by atoms with Crippen LogP contribution >= 0.6 is 0 Å². The number of carbonyl (C=O) groups excluding carboxylic acids is 1. The summed E-state index contributed by atoms with van der Waals surface area (Å²) in [5, 5.41) is 3.23. The largest absolute Gasteiger partial charge is 0.366 e. The van der Waals surface area contributed by atoms with Gasteiger partial charge in [0.25, 0.3) is 0 Å². The maximum atomic E-state index is 12.7. The minimum Gasteiger partial charge on any atom is -0.366 e. The average Bonchev–Trinajstić information content (AvgIpc) is 2.41. The van der Waals surface area contributed by atoms with Gasteiger partial charge in [-0.2, -0.15) is 0 Å². The van der Waals surface area contributed by atoms with Crippen LogP contribution in [0.3, 0.4) is 0 Å². The summed E-state index contributed by atoms with van der Waals surface area (Å²) < 4.78 is 12.7. The maximum absolute atomic E-state index is 12.7. The standard InChI is InChI=1S/C15H15FN2O/c16-14-6-4-11(5-7-14)9-18-10-12-2-1-3-13(8-12)15(17)19/h1-8,18H,9-10H2,(H2,17,19). The van der Waals surface area contributed by atoms with E-state index in [1.165, 1.54) is 12.1 Å². The van der Waals surface area contributed by atoms with Crippen molar-refractivity contribution in [3.05, 3.63) is 71.0 Å². The first-order chi connectivity index (χ1) is 9.15. The highest BCUT2D eigenvalue weighted by atomic mass is 19.1. The zero-order valence-corrected chi connectivity index (χ0v) is 10.4. The number of primary amides is 1. The minimum atomic E-state index is -0.430. The second-order valence-corrected chi connectivity index (χ2v) is 4.29. The third-order valence-electron chi connectivity index (χ3n) is 2.78. The van der Waals surface area contributed by atoms with E-state index in [1.807, 2.05) is 6.07 Å². The van der Waals surface area contributed by atoms with Crippen LogP contribution < -0.4 is 11.1 Å². The fourth-order valence-electron chi connectivity index (χ4n) is 1.79. The Morgan fingerprint density at radius 3 is 2.42 bits per heavy atom. The number of halogens is 1. The topological polar surface area (TPSA) is 55.1 Å². The Morgan fingerprint density at radius 2 is 1.74 bits per heavy atom. The Kier molecular flexibility index (Phi) is 4.26. The molecular weight excluding hydrogens is 243 g/mol. The van der Waals surface area contributed by atoms with E-state index in [-0.39, 0.29) is 5.82 Å². The highest BCUT2D eigenvalue weighted by Gasteiger charge is 2.01. The highest BCUT2D eigenvalue weighted by molar-refractivity contribution is 5.92. The van der Waals surface area contributed by atoms with E-state index in [2.05, 4.69) is 5.32 Å². The van der Waals surface area contributed by atoms with Gasteiger partial charge in [-0.1, -0.05) is 24.3 Å². The summed E-state index contributed by atoms with van der Waals surface area (Å²) in [7, 11) is 0. The van der Waals surface area contributed by atoms with Crippen LogP contribution in [-0.2, 0) is 13.1 Å². The molecule has 3 N–H and O–H groups in total. The molecule has 3 nitrogen and oxygen atoms in total. The fourth-order valence-corrected chi connectivity index (χ4v) is 1.79. The second kappa shape index (κ2) is 6.11. The molecule has 0 saturated carbocycles. The molecule has 0 aliphatic rings. The Hall–Kier alpha value is -2.20. The van der Waals surface area contributed by atoms with Crippen molar-refractivity contribution >= 4 is 5.91 Å². The number of nitrogens with one attached hydrogen (secondary N) is 1. The second-order valence-electron chi connectivity index (χ2n) is 4.29. The highest BCUT2D eigenvalue weighted by Crippen LogP contribution is 2.06. The van der Waals surface area contributed by atoms with Crippen molar-refractivity contribution in [3.8, 4) is 0 Å². The number of carbonyl (C=O) groups is 1. The van der Waals surface area contributed by atoms with E-state index in [0.717, 1.165) is 11.1 Å². The zero-order chi connectivity index (χ0) is 13.7. The molecule has 0 bridgehead atoms. The summed E-state index contributed by atoms with van der Waals surface area (Å²) in [5.41, 5.74) is 7.71. The third-order valence-corrected chi connectivity index (χ3v) is 2.78. The van der Waals surface area contributed by atoms with Crippen molar-refractivity contribution in [3.63, 3.8) is 0 Å². The zero-order valence-electron chi connectivity index (χ0n) is 10.4. The number of amides is 1. The van der Waals surface area contributed by atoms with Crippen molar-refractivity contribution in [2.75, 3.05) is 0 Å². The molecule has 2 aromatic rings. The van der Waals surface area contributed by atoms with Crippen LogP contribution in [0, 0.1) is 5.82 Å². The van der Waals surface area contributed by atoms with Crippen molar-refractivity contribution < 1.29 is 9.18 Å². The van der Waals surface area contributed by atoms with Gasteiger partial charge in [-0.15, -0.1) is 0 Å². The van der Waals surface area contributed by atoms with Crippen LogP contribution in [0.4, 0.5) is 4.39 Å². The van der Waals surface area contributed by atoms with Gasteiger partial charge in [0.05, 0.1) is 0 Å². The van der Waals surface area contributed by atoms with Gasteiger partial charge in [0.15, 0.2) is 0 Å². The van der Waals surface area contributed by atoms with E-state index in [9.17, 15) is 9.18 Å². The van der Waals surface area contributed by atoms with Crippen molar-refractivity contribution in [2.45, 2.75) is 13.1 Å². The summed E-state index contributed by atoms with van der Waals surface area (Å²) in [4.78, 5) is 11.0. The Morgan fingerprint density at radius 1 is 1.05 bits per heavy atom. The molecule has 19 heavy (non-hydrogen) atoms. The minimum absolute atomic E-state index is 0.238. The fraction of sp³-hybridized carbons (Fsp3) is 0.133. The van der Waals surface area contributed by atoms with Gasteiger partial charge in [-0.3, -0.25) is 4.79 Å². The van der Waals surface area contributed by atoms with Gasteiger partial charge in [0.1, 0.15) is 5.82 Å². The van der Waals surface area contributed by atoms with Crippen LogP contribution in [0.2, 0.25) is 0 Å². The van der Waals surface area contributed by atoms with E-state index in [1.54, 1.807) is 30.3 Å². The lowest BCUT2D eigenvalue weighted by Gasteiger charge is -2.06. The molecule has 0 radical (unpaired) electrons. The summed E-state index contributed by atoms with van der Waals surface area (Å²) >= 11 is 0. The van der Waals surface area contributed by atoms with Crippen molar-refractivity contribution in [1.82, 2.24) is 5.32 Å². The quantitative estimate of drug-likeness (QED) is 0.864. The first-order valence-electron chi connectivity index (χ1n) is 5.99. The van der Waals surface area contributed by atoms with Crippen LogP contribution in [0.25, 0.3) is 0 Å². The van der Waals surface area contributed by atoms with E-state index in [0.29, 0.717) is 18.7 Å². The van der Waals surface area contributed by atoms with Crippen molar-refractivity contribution in [2.24, 2.45) is 5.73 Å². The normalized spacial score (nSPS) is 10.4. The predicted octanol–water partition coefficient (Wildman–Crippen LogP) is 2.21. The number of hydrogen-bond donors (Lipinski definition) is 2. The van der Waals surface area contributed by atoms with E-state index < -0.39 is 5.91 Å². The number of hydrogen-bond acceptors (Lipinski definition) is 2. The Bertz CT molecular complexity index is 567. The van der Waals surface area contributed by atoms with Crippen LogP contribution in [0.1, 0.15) is 21.5 Å². The lowest BCUT2D eigenvalue weighted by molar-refractivity contribution is 0.1000. The molecule has 0 heterocycles. The number of benzene rings is 2. The van der Waals surface area contributed by atoms with Gasteiger partial charge < -0.3 is 11.1 Å². The van der Waals surface area contributed by atoms with Gasteiger partial charge in [0, 0.05) is 18.7 Å². The Labute approximate surface area is 111 Å². The van der Waals surface area contributed by atoms with Gasteiger partial charge in [0.2, 0.25) is 5.91 Å². The van der Waals surface area contributed by atoms with Crippen LogP contribution in [-0.4, -0.2) is 5.91 Å². The van der Waals surface area contributed by atoms with Crippen LogP contribution in [0.5, 0.6) is 0 Å². The predicted molar refractivity (Wildman–Crippen MR) is 71.9 cm³/mol. The summed E-state index contributed by atoms with van der Waals surface area (Å²) in [5.74, 6) is -0.668. The molecule has 0 fully saturated rings. The van der Waals surface area contributed by atoms with E-state index >= 15 is 0 Å². The maximum Gasteiger partial charge on any atom is 0.248 e. The molecule has 0 spiro atoms. The summed E-state index contributed by atoms with van der Waals surface area (Å²) in [6.07, 6.45) is 0. The van der Waals surface area contributed by atoms with Gasteiger partial charge >= 0.3 is 0 Å². The molecule has 2 rings (SSSR count). The number of rotatable bonds is 5. The molecule has 1 amide bonds. The van der Waals surface area contributed by atoms with Gasteiger partial charge in [-0.25, -0.2) is 4.39 Å². The average molecular weight is 258 g/mol. The lowest BCUT2D eigenvalue weighted by Crippen LogP contribution is -2.14. The first kappa shape index (κ1) is 13.2.